The summed E-state index contributed by atoms with van der Waals surface area (Å²) < 4.78 is 37.2. The van der Waals surface area contributed by atoms with Crippen molar-refractivity contribution in [1.82, 2.24) is 20.2 Å². The predicted octanol–water partition coefficient (Wildman–Crippen LogP) is 3.90. The Kier molecular flexibility index (Phi) is 5.32. The van der Waals surface area contributed by atoms with Crippen molar-refractivity contribution >= 4 is 22.6 Å². The number of hydrogen-bond donors (Lipinski definition) is 2. The fraction of sp³-hybridized carbons (Fsp3) is 0.636. The van der Waals surface area contributed by atoms with Gasteiger partial charge in [0.2, 0.25) is 0 Å². The lowest BCUT2D eigenvalue weighted by Crippen LogP contribution is -2.52. The van der Waals surface area contributed by atoms with Gasteiger partial charge in [-0.25, -0.2) is 4.98 Å². The summed E-state index contributed by atoms with van der Waals surface area (Å²) in [5.74, 6) is 0.919. The Balaban J connectivity index is 1.33. The lowest BCUT2D eigenvalue weighted by Gasteiger charge is -2.45. The fourth-order valence-corrected chi connectivity index (χ4v) is 5.08. The summed E-state index contributed by atoms with van der Waals surface area (Å²) in [6.45, 7) is 0.842. The van der Waals surface area contributed by atoms with Gasteiger partial charge in [-0.2, -0.15) is 13.2 Å². The number of anilines is 1. The first-order valence-corrected chi connectivity index (χ1v) is 11.2. The highest BCUT2D eigenvalue weighted by molar-refractivity contribution is 6.08. The third-order valence-electron chi connectivity index (χ3n) is 6.88. The minimum absolute atomic E-state index is 0.0544. The van der Waals surface area contributed by atoms with Crippen molar-refractivity contribution in [1.29, 1.82) is 0 Å². The number of pyridine rings is 1. The topological polar surface area (TPSA) is 64.3 Å². The van der Waals surface area contributed by atoms with Crippen molar-refractivity contribution in [2.45, 2.75) is 50.7 Å². The molecule has 0 radical (unpaired) electrons. The number of carbonyl (C=O) groups is 1. The molecule has 2 N–H and O–H groups in total. The largest absolute Gasteiger partial charge is 0.401 e. The van der Waals surface area contributed by atoms with E-state index in [4.69, 9.17) is 0 Å². The molecule has 0 saturated heterocycles. The van der Waals surface area contributed by atoms with Crippen LogP contribution in [0.1, 0.15) is 48.9 Å². The van der Waals surface area contributed by atoms with Gasteiger partial charge in [0.05, 0.1) is 24.5 Å². The third-order valence-corrected chi connectivity index (χ3v) is 6.88. The van der Waals surface area contributed by atoms with Crippen molar-refractivity contribution in [3.8, 4) is 0 Å². The zero-order chi connectivity index (χ0) is 21.6. The molecule has 9 heteroatoms. The van der Waals surface area contributed by atoms with Crippen LogP contribution < -0.4 is 10.2 Å². The number of rotatable bonds is 6. The molecule has 5 rings (SSSR count). The van der Waals surface area contributed by atoms with E-state index >= 15 is 0 Å². The summed E-state index contributed by atoms with van der Waals surface area (Å²) >= 11 is 0. The number of halogens is 3. The Labute approximate surface area is 179 Å². The Bertz CT molecular complexity index is 946. The molecular formula is C22H28F3N5O. The van der Waals surface area contributed by atoms with E-state index in [1.165, 1.54) is 12.8 Å². The normalized spacial score (nSPS) is 24.7. The quantitative estimate of drug-likeness (QED) is 0.722. The molecule has 2 aliphatic carbocycles. The standard InChI is InChI=1S/C22H28F3N5O/c23-22(24,25)12-26-9-14-3-5-16(6-4-14)30-13-29(11-15-1-2-15)21(31)18-10-28-20-17(19(18)30)7-8-27-20/h7-8,10,14-16,26H,1-6,9,11-13H2,(H,27,28). The molecule has 2 aromatic heterocycles. The van der Waals surface area contributed by atoms with Crippen molar-refractivity contribution in [3.63, 3.8) is 0 Å². The summed E-state index contributed by atoms with van der Waals surface area (Å²) in [7, 11) is 0. The van der Waals surface area contributed by atoms with E-state index in [-0.39, 0.29) is 17.9 Å². The molecule has 6 nitrogen and oxygen atoms in total. The molecule has 3 heterocycles. The minimum atomic E-state index is -4.16. The van der Waals surface area contributed by atoms with Crippen LogP contribution in [0, 0.1) is 11.8 Å². The van der Waals surface area contributed by atoms with Crippen molar-refractivity contribution in [3.05, 3.63) is 24.0 Å². The summed E-state index contributed by atoms with van der Waals surface area (Å²) in [6, 6.07) is 2.25. The minimum Gasteiger partial charge on any atom is -0.349 e. The average Bonchev–Trinajstić information content (AvgIpc) is 3.42. The van der Waals surface area contributed by atoms with E-state index in [0.29, 0.717) is 24.7 Å². The number of H-pyrrole nitrogens is 1. The first kappa shape index (κ1) is 20.6. The van der Waals surface area contributed by atoms with Crippen LogP contribution in [0.25, 0.3) is 11.0 Å². The molecular weight excluding hydrogens is 407 g/mol. The maximum absolute atomic E-state index is 13.2. The van der Waals surface area contributed by atoms with Crippen molar-refractivity contribution in [2.75, 3.05) is 31.2 Å². The highest BCUT2D eigenvalue weighted by Gasteiger charge is 2.38. The molecule has 0 unspecified atom stereocenters. The van der Waals surface area contributed by atoms with Crippen LogP contribution in [0.15, 0.2) is 18.5 Å². The molecule has 1 aliphatic heterocycles. The number of alkyl halides is 3. The van der Waals surface area contributed by atoms with E-state index in [9.17, 15) is 18.0 Å². The van der Waals surface area contributed by atoms with E-state index < -0.39 is 12.7 Å². The van der Waals surface area contributed by atoms with Gasteiger partial charge in [-0.05, 0) is 63.0 Å². The van der Waals surface area contributed by atoms with Crippen molar-refractivity contribution in [2.24, 2.45) is 11.8 Å². The second-order valence-electron chi connectivity index (χ2n) is 9.26. The number of aromatic amines is 1. The second-order valence-corrected chi connectivity index (χ2v) is 9.26. The van der Waals surface area contributed by atoms with Crippen LogP contribution in [0.2, 0.25) is 0 Å². The molecule has 3 aliphatic rings. The number of nitrogens with zero attached hydrogens (tertiary/aromatic N) is 3. The molecule has 0 aromatic carbocycles. The Hall–Kier alpha value is -2.29. The Morgan fingerprint density at radius 1 is 1.13 bits per heavy atom. The molecule has 168 valence electrons. The average molecular weight is 435 g/mol. The van der Waals surface area contributed by atoms with Gasteiger partial charge in [0.1, 0.15) is 5.65 Å². The molecule has 2 saturated carbocycles. The van der Waals surface area contributed by atoms with E-state index in [0.717, 1.165) is 48.9 Å². The molecule has 31 heavy (non-hydrogen) atoms. The summed E-state index contributed by atoms with van der Waals surface area (Å²) in [6.07, 6.45) is 5.34. The van der Waals surface area contributed by atoms with Gasteiger partial charge in [-0.1, -0.05) is 0 Å². The number of fused-ring (bicyclic) bond motifs is 3. The van der Waals surface area contributed by atoms with Crippen LogP contribution in [-0.4, -0.2) is 59.3 Å². The van der Waals surface area contributed by atoms with Gasteiger partial charge in [0.25, 0.3) is 5.91 Å². The number of hydrogen-bond acceptors (Lipinski definition) is 4. The van der Waals surface area contributed by atoms with Crippen LogP contribution in [0.3, 0.4) is 0 Å². The van der Waals surface area contributed by atoms with Gasteiger partial charge in [0, 0.05) is 30.4 Å². The molecule has 0 atom stereocenters. The van der Waals surface area contributed by atoms with Gasteiger partial charge >= 0.3 is 6.18 Å². The van der Waals surface area contributed by atoms with Crippen LogP contribution in [0.4, 0.5) is 18.9 Å². The lowest BCUT2D eigenvalue weighted by atomic mass is 9.84. The monoisotopic (exact) mass is 435 g/mol. The van der Waals surface area contributed by atoms with Crippen LogP contribution in [-0.2, 0) is 0 Å². The summed E-state index contributed by atoms with van der Waals surface area (Å²) in [4.78, 5) is 25.1. The third kappa shape index (κ3) is 4.37. The molecule has 1 amide bonds. The second kappa shape index (κ2) is 8.00. The SMILES string of the molecule is O=C1c2cnc3[nH]ccc3c2N(C2CCC(CNCC(F)(F)F)CC2)CN1CC1CC1. The number of amides is 1. The van der Waals surface area contributed by atoms with Crippen molar-refractivity contribution < 1.29 is 18.0 Å². The summed E-state index contributed by atoms with van der Waals surface area (Å²) in [5.41, 5.74) is 2.40. The van der Waals surface area contributed by atoms with Gasteiger partial charge in [0.15, 0.2) is 0 Å². The predicted molar refractivity (Wildman–Crippen MR) is 112 cm³/mol. The smallest absolute Gasteiger partial charge is 0.349 e. The van der Waals surface area contributed by atoms with Crippen LogP contribution in [0.5, 0.6) is 0 Å². The molecule has 2 aromatic rings. The van der Waals surface area contributed by atoms with Gasteiger partial charge in [-0.15, -0.1) is 0 Å². The highest BCUT2D eigenvalue weighted by Crippen LogP contribution is 2.40. The first-order chi connectivity index (χ1) is 14.9. The molecule has 0 spiro atoms. The first-order valence-electron chi connectivity index (χ1n) is 11.2. The molecule has 0 bridgehead atoms. The Morgan fingerprint density at radius 2 is 1.87 bits per heavy atom. The number of aromatic nitrogens is 2. The van der Waals surface area contributed by atoms with Gasteiger partial charge < -0.3 is 20.1 Å². The van der Waals surface area contributed by atoms with Gasteiger partial charge in [-0.3, -0.25) is 4.79 Å². The number of carbonyl (C=O) groups excluding carboxylic acids is 1. The zero-order valence-corrected chi connectivity index (χ0v) is 17.4. The molecule has 2 fully saturated rings. The summed E-state index contributed by atoms with van der Waals surface area (Å²) in [5, 5.41) is 3.53. The highest BCUT2D eigenvalue weighted by atomic mass is 19.4. The maximum Gasteiger partial charge on any atom is 0.401 e. The lowest BCUT2D eigenvalue weighted by molar-refractivity contribution is -0.125. The fourth-order valence-electron chi connectivity index (χ4n) is 5.08. The van der Waals surface area contributed by atoms with E-state index in [1.54, 1.807) is 6.20 Å². The number of nitrogens with one attached hydrogen (secondary N) is 2. The van der Waals surface area contributed by atoms with Crippen LogP contribution >= 0.6 is 0 Å². The van der Waals surface area contributed by atoms with E-state index in [2.05, 4.69) is 20.2 Å². The van der Waals surface area contributed by atoms with E-state index in [1.807, 2.05) is 17.2 Å². The Morgan fingerprint density at radius 3 is 2.58 bits per heavy atom. The maximum atomic E-state index is 13.2. The zero-order valence-electron chi connectivity index (χ0n) is 17.4.